The molecule has 1 aliphatic rings. The van der Waals surface area contributed by atoms with Crippen LogP contribution in [0.5, 0.6) is 0 Å². The molecule has 1 aliphatic carbocycles. The first-order chi connectivity index (χ1) is 14.3. The molecular weight excluding hydrogens is 426 g/mol. The van der Waals surface area contributed by atoms with Gasteiger partial charge in [-0.25, -0.2) is 4.39 Å². The van der Waals surface area contributed by atoms with Gasteiger partial charge < -0.3 is 10.2 Å². The maximum atomic E-state index is 14.2. The minimum atomic E-state index is -0.709. The first-order valence-corrected chi connectivity index (χ1v) is 10.9. The van der Waals surface area contributed by atoms with Crippen molar-refractivity contribution < 1.29 is 14.0 Å². The normalized spacial score (nSPS) is 15.1. The van der Waals surface area contributed by atoms with Gasteiger partial charge in [0.25, 0.3) is 0 Å². The summed E-state index contributed by atoms with van der Waals surface area (Å²) < 4.78 is 14.2. The van der Waals surface area contributed by atoms with Crippen LogP contribution in [0.3, 0.4) is 0 Å². The van der Waals surface area contributed by atoms with Gasteiger partial charge in [-0.15, -0.1) is 0 Å². The van der Waals surface area contributed by atoms with Crippen LogP contribution in [-0.2, 0) is 22.6 Å². The molecule has 1 atom stereocenters. The van der Waals surface area contributed by atoms with Gasteiger partial charge in [-0.2, -0.15) is 0 Å². The van der Waals surface area contributed by atoms with E-state index in [-0.39, 0.29) is 41.4 Å². The average molecular weight is 451 g/mol. The highest BCUT2D eigenvalue weighted by atomic mass is 35.5. The van der Waals surface area contributed by atoms with Crippen LogP contribution in [0.2, 0.25) is 10.0 Å². The number of benzene rings is 2. The number of halogens is 3. The van der Waals surface area contributed by atoms with Gasteiger partial charge in [-0.05, 0) is 49.6 Å². The third-order valence-corrected chi connectivity index (χ3v) is 6.13. The zero-order valence-electron chi connectivity index (χ0n) is 16.8. The van der Waals surface area contributed by atoms with Crippen LogP contribution < -0.4 is 5.32 Å². The van der Waals surface area contributed by atoms with Crippen LogP contribution >= 0.6 is 23.2 Å². The molecule has 0 unspecified atom stereocenters. The van der Waals surface area contributed by atoms with Crippen LogP contribution in [0.15, 0.2) is 42.5 Å². The van der Waals surface area contributed by atoms with Crippen molar-refractivity contribution in [1.82, 2.24) is 10.2 Å². The van der Waals surface area contributed by atoms with E-state index >= 15 is 0 Å². The van der Waals surface area contributed by atoms with Crippen LogP contribution in [0, 0.1) is 5.82 Å². The molecule has 30 heavy (non-hydrogen) atoms. The van der Waals surface area contributed by atoms with E-state index in [1.807, 2.05) is 0 Å². The maximum Gasteiger partial charge on any atom is 0.242 e. The number of hydrogen-bond donors (Lipinski definition) is 1. The Morgan fingerprint density at radius 3 is 2.43 bits per heavy atom. The second-order valence-corrected chi connectivity index (χ2v) is 8.53. The molecule has 7 heteroatoms. The fourth-order valence-corrected chi connectivity index (χ4v) is 4.07. The summed E-state index contributed by atoms with van der Waals surface area (Å²) in [5.74, 6) is -1.11. The fourth-order valence-electron chi connectivity index (χ4n) is 3.72. The van der Waals surface area contributed by atoms with E-state index in [1.54, 1.807) is 37.3 Å². The van der Waals surface area contributed by atoms with Gasteiger partial charge in [0, 0.05) is 28.2 Å². The molecule has 1 fully saturated rings. The molecule has 2 aromatic carbocycles. The van der Waals surface area contributed by atoms with E-state index in [4.69, 9.17) is 23.2 Å². The molecule has 0 bridgehead atoms. The van der Waals surface area contributed by atoms with E-state index in [0.29, 0.717) is 5.02 Å². The van der Waals surface area contributed by atoms with Crippen molar-refractivity contribution in [3.05, 3.63) is 69.5 Å². The van der Waals surface area contributed by atoms with Crippen molar-refractivity contribution in [3.63, 3.8) is 0 Å². The van der Waals surface area contributed by atoms with Gasteiger partial charge in [-0.1, -0.05) is 54.2 Å². The largest absolute Gasteiger partial charge is 0.352 e. The summed E-state index contributed by atoms with van der Waals surface area (Å²) in [4.78, 5) is 27.5. The van der Waals surface area contributed by atoms with E-state index in [0.717, 1.165) is 31.2 Å². The summed E-state index contributed by atoms with van der Waals surface area (Å²) in [6.45, 7) is 1.91. The zero-order valence-corrected chi connectivity index (χ0v) is 18.3. The zero-order chi connectivity index (χ0) is 21.7. The number of amides is 2. The predicted molar refractivity (Wildman–Crippen MR) is 117 cm³/mol. The Balaban J connectivity index is 1.80. The molecule has 1 N–H and O–H groups in total. The minimum absolute atomic E-state index is 0.133. The second-order valence-electron chi connectivity index (χ2n) is 7.69. The molecule has 0 aliphatic heterocycles. The van der Waals surface area contributed by atoms with Crippen molar-refractivity contribution >= 4 is 35.0 Å². The molecular formula is C23H25Cl2FN2O2. The molecule has 0 saturated heterocycles. The first-order valence-electron chi connectivity index (χ1n) is 10.1. The van der Waals surface area contributed by atoms with E-state index in [1.165, 1.54) is 17.0 Å². The number of nitrogens with one attached hydrogen (secondary N) is 1. The lowest BCUT2D eigenvalue weighted by atomic mass is 10.1. The molecule has 0 heterocycles. The van der Waals surface area contributed by atoms with Gasteiger partial charge >= 0.3 is 0 Å². The fraction of sp³-hybridized carbons (Fsp3) is 0.391. The van der Waals surface area contributed by atoms with E-state index in [2.05, 4.69) is 5.32 Å². The number of nitrogens with zero attached hydrogens (tertiary/aromatic N) is 1. The monoisotopic (exact) mass is 450 g/mol. The van der Waals surface area contributed by atoms with E-state index in [9.17, 15) is 14.0 Å². The lowest BCUT2D eigenvalue weighted by molar-refractivity contribution is -0.140. The molecule has 1 saturated carbocycles. The smallest absolute Gasteiger partial charge is 0.242 e. The molecule has 2 amide bonds. The highest BCUT2D eigenvalue weighted by Crippen LogP contribution is 2.22. The second kappa shape index (κ2) is 10.3. The SMILES string of the molecule is C[C@H](C(=O)NC1CCCC1)N(Cc1ccc(Cl)cc1)C(=O)Cc1c(F)cccc1Cl. The first kappa shape index (κ1) is 22.6. The Bertz CT molecular complexity index is 878. The minimum Gasteiger partial charge on any atom is -0.352 e. The van der Waals surface area contributed by atoms with Crippen LogP contribution in [-0.4, -0.2) is 28.8 Å². The van der Waals surface area contributed by atoms with Crippen LogP contribution in [0.25, 0.3) is 0 Å². The number of carbonyl (C=O) groups is 2. The van der Waals surface area contributed by atoms with Gasteiger partial charge in [0.2, 0.25) is 11.8 Å². The topological polar surface area (TPSA) is 49.4 Å². The quantitative estimate of drug-likeness (QED) is 0.633. The Morgan fingerprint density at radius 1 is 1.13 bits per heavy atom. The van der Waals surface area contributed by atoms with Gasteiger partial charge in [0.15, 0.2) is 0 Å². The summed E-state index contributed by atoms with van der Waals surface area (Å²) in [7, 11) is 0. The molecule has 0 aromatic heterocycles. The Labute approximate surface area is 186 Å². The standard InChI is InChI=1S/C23H25Cl2FN2O2/c1-15(23(30)27-18-5-2-3-6-18)28(14-16-9-11-17(24)12-10-16)22(29)13-19-20(25)7-4-8-21(19)26/h4,7-12,15,18H,2-3,5-6,13-14H2,1H3,(H,27,30)/t15-/m1/s1. The van der Waals surface area contributed by atoms with E-state index < -0.39 is 11.9 Å². The Kier molecular flexibility index (Phi) is 7.73. The predicted octanol–water partition coefficient (Wildman–Crippen LogP) is 5.15. The number of hydrogen-bond acceptors (Lipinski definition) is 2. The molecule has 160 valence electrons. The van der Waals surface area contributed by atoms with Gasteiger partial charge in [0.1, 0.15) is 11.9 Å². The summed E-state index contributed by atoms with van der Waals surface area (Å²) in [5.41, 5.74) is 0.960. The summed E-state index contributed by atoms with van der Waals surface area (Å²) in [6, 6.07) is 10.8. The van der Waals surface area contributed by atoms with Crippen molar-refractivity contribution in [1.29, 1.82) is 0 Å². The molecule has 0 radical (unpaired) electrons. The van der Waals surface area contributed by atoms with Crippen LogP contribution in [0.4, 0.5) is 4.39 Å². The van der Waals surface area contributed by atoms with Gasteiger partial charge in [-0.3, -0.25) is 9.59 Å². The lowest BCUT2D eigenvalue weighted by Crippen LogP contribution is -2.50. The third-order valence-electron chi connectivity index (χ3n) is 5.52. The highest BCUT2D eigenvalue weighted by Gasteiger charge is 2.29. The molecule has 3 rings (SSSR count). The summed E-state index contributed by atoms with van der Waals surface area (Å²) in [5, 5.41) is 3.82. The average Bonchev–Trinajstić information content (AvgIpc) is 3.22. The third kappa shape index (κ3) is 5.73. The Morgan fingerprint density at radius 2 is 1.80 bits per heavy atom. The van der Waals surface area contributed by atoms with Crippen molar-refractivity contribution in [2.45, 2.75) is 57.7 Å². The van der Waals surface area contributed by atoms with Gasteiger partial charge in [0.05, 0.1) is 6.42 Å². The van der Waals surface area contributed by atoms with Crippen LogP contribution in [0.1, 0.15) is 43.7 Å². The van der Waals surface area contributed by atoms with Crippen molar-refractivity contribution in [2.75, 3.05) is 0 Å². The molecule has 4 nitrogen and oxygen atoms in total. The lowest BCUT2D eigenvalue weighted by Gasteiger charge is -2.30. The summed E-state index contributed by atoms with van der Waals surface area (Å²) >= 11 is 12.1. The number of rotatable bonds is 7. The maximum absolute atomic E-state index is 14.2. The molecule has 2 aromatic rings. The summed E-state index contributed by atoms with van der Waals surface area (Å²) in [6.07, 6.45) is 3.88. The van der Waals surface area contributed by atoms with Crippen molar-refractivity contribution in [3.8, 4) is 0 Å². The highest BCUT2D eigenvalue weighted by molar-refractivity contribution is 6.31. The number of carbonyl (C=O) groups excluding carboxylic acids is 2. The molecule has 0 spiro atoms. The Hall–Kier alpha value is -2.11. The van der Waals surface area contributed by atoms with Crippen molar-refractivity contribution in [2.24, 2.45) is 0 Å².